The molecule has 2 fully saturated rings. The number of nitrogens with two attached hydrogens (primary N) is 1. The number of rotatable bonds is 11. The van der Waals surface area contributed by atoms with Crippen molar-refractivity contribution in [2.45, 2.75) is 77.0 Å². The summed E-state index contributed by atoms with van der Waals surface area (Å²) in [6.07, 6.45) is 3.14. The first-order chi connectivity index (χ1) is 40.2. The minimum absolute atomic E-state index is 0. The first kappa shape index (κ1) is 76.0. The summed E-state index contributed by atoms with van der Waals surface area (Å²) in [4.78, 5) is 67.4. The van der Waals surface area contributed by atoms with E-state index in [-0.39, 0.29) is 39.5 Å². The number of halogens is 8. The normalized spacial score (nSPS) is 14.5. The molecule has 12 nitrogen and oxygen atoms in total. The van der Waals surface area contributed by atoms with Gasteiger partial charge in [0.15, 0.2) is 0 Å². The van der Waals surface area contributed by atoms with E-state index in [1.807, 2.05) is 178 Å². The Hall–Kier alpha value is -1.70. The van der Waals surface area contributed by atoms with Crippen molar-refractivity contribution >= 4 is 242 Å². The van der Waals surface area contributed by atoms with Crippen molar-refractivity contribution in [1.29, 1.82) is 0 Å². The van der Waals surface area contributed by atoms with Gasteiger partial charge in [-0.3, -0.25) is 24.5 Å². The molecule has 5 amide bonds. The number of likely N-dealkylation sites (tertiary alicyclic amines) is 2. The van der Waals surface area contributed by atoms with E-state index >= 15 is 0 Å². The third-order valence-electron chi connectivity index (χ3n) is 13.5. The maximum absolute atomic E-state index is 13.1. The van der Waals surface area contributed by atoms with Crippen molar-refractivity contribution in [2.75, 3.05) is 34.8 Å². The molecule has 0 aliphatic carbocycles. The molecule has 0 saturated carbocycles. The topological polar surface area (TPSA) is 163 Å². The third kappa shape index (κ3) is 26.3. The molecule has 457 valence electrons. The molecule has 0 unspecified atom stereocenters. The van der Waals surface area contributed by atoms with Gasteiger partial charge in [-0.1, -0.05) is 121 Å². The van der Waals surface area contributed by atoms with Crippen molar-refractivity contribution in [3.05, 3.63) is 201 Å². The number of amides is 5. The van der Waals surface area contributed by atoms with Gasteiger partial charge >= 0.3 is 167 Å². The summed E-state index contributed by atoms with van der Waals surface area (Å²) in [6, 6.07) is 58.0. The Labute approximate surface area is 606 Å². The van der Waals surface area contributed by atoms with Crippen molar-refractivity contribution in [3.8, 4) is 22.3 Å². The fraction of sp³-hybridized carbons (Fsp3) is 0.219. The Morgan fingerprint density at radius 3 is 1.23 bits per heavy atom. The first-order valence-corrected chi connectivity index (χ1v) is 62.9. The summed E-state index contributed by atoms with van der Waals surface area (Å²) >= 11 is 20.1. The van der Waals surface area contributed by atoms with E-state index in [4.69, 9.17) is 10.5 Å². The summed E-state index contributed by atoms with van der Waals surface area (Å²) < 4.78 is 3.35. The second-order valence-corrected chi connectivity index (χ2v) is 162. The number of carbonyl (C=O) groups is 5. The molecule has 8 aromatic carbocycles. The van der Waals surface area contributed by atoms with Gasteiger partial charge in [0.1, 0.15) is 17.7 Å². The number of ether oxygens (including phenoxy) is 1. The van der Waals surface area contributed by atoms with E-state index < -0.39 is 24.5 Å². The molecule has 8 aromatic rings. The van der Waals surface area contributed by atoms with Crippen molar-refractivity contribution in [3.63, 3.8) is 0 Å². The number of benzene rings is 8. The van der Waals surface area contributed by atoms with Crippen LogP contribution >= 0.6 is 160 Å². The number of hydrogen-bond donors (Lipinski definition) is 4. The quantitative estimate of drug-likeness (QED) is 0.0433. The molecular weight excluding hydrogens is 2080 g/mol. The van der Waals surface area contributed by atoms with Gasteiger partial charge < -0.3 is 38.3 Å². The van der Waals surface area contributed by atoms with E-state index in [0.29, 0.717) is 50.1 Å². The number of fused-ring (bicyclic) bond motifs is 2. The second-order valence-electron chi connectivity index (χ2n) is 20.9. The molecule has 2 aliphatic heterocycles. The van der Waals surface area contributed by atoms with Crippen LogP contribution in [0, 0.1) is 7.43 Å². The number of hydrogen-bond acceptors (Lipinski definition) is 7. The first-order valence-electron chi connectivity index (χ1n) is 26.9. The Balaban J connectivity index is 0.000000272. The van der Waals surface area contributed by atoms with Crippen molar-refractivity contribution in [1.82, 2.24) is 9.80 Å². The number of nitrogen functional groups attached to an aromatic ring is 1. The van der Waals surface area contributed by atoms with Gasteiger partial charge in [0.25, 0.3) is 0 Å². The number of nitrogens with zero attached hydrogens (tertiary/aromatic N) is 2. The fourth-order valence-corrected chi connectivity index (χ4v) is 9.73. The second kappa shape index (κ2) is 36.1. The molecule has 10 rings (SSSR count). The van der Waals surface area contributed by atoms with Crippen LogP contribution in [0.1, 0.15) is 57.6 Å². The van der Waals surface area contributed by atoms with Gasteiger partial charge in [-0.15, -0.1) is 0 Å². The van der Waals surface area contributed by atoms with Gasteiger partial charge in [-0.25, -0.2) is 4.79 Å². The minimum atomic E-state index is -0.995. The van der Waals surface area contributed by atoms with Crippen LogP contribution in [0.25, 0.3) is 43.8 Å². The predicted octanol–water partition coefficient (Wildman–Crippen LogP) is 19.4. The average molecular weight is 2140 g/mol. The Morgan fingerprint density at radius 2 is 0.828 bits per heavy atom. The van der Waals surface area contributed by atoms with Crippen LogP contribution in [0.5, 0.6) is 0 Å². The molecule has 2 saturated heterocycles. The summed E-state index contributed by atoms with van der Waals surface area (Å²) in [5.41, 5.74) is 14.3. The molecule has 2 heterocycles. The molecule has 0 aromatic heterocycles. The molecule has 0 bridgehead atoms. The van der Waals surface area contributed by atoms with Crippen LogP contribution in [0.3, 0.4) is 0 Å². The predicted molar refractivity (Wildman–Crippen MR) is 424 cm³/mol. The Bertz CT molecular complexity index is 3580. The summed E-state index contributed by atoms with van der Waals surface area (Å²) in [5, 5.41) is 13.1. The van der Waals surface area contributed by atoms with Crippen LogP contribution in [0.4, 0.5) is 27.5 Å². The molecule has 2 atom stereocenters. The number of carbonyl (C=O) groups excluding carboxylic acids is 5. The molecule has 23 heteroatoms. The molecule has 87 heavy (non-hydrogen) atoms. The third-order valence-corrected chi connectivity index (χ3v) is 13.5. The van der Waals surface area contributed by atoms with Gasteiger partial charge in [0.2, 0.25) is 23.6 Å². The Kier molecular flexibility index (Phi) is 31.5. The number of nitrogens with one attached hydrogen (secondary N) is 3. The molecule has 2 aliphatic rings. The van der Waals surface area contributed by atoms with Gasteiger partial charge in [0, 0.05) is 44.3 Å². The van der Waals surface area contributed by atoms with Crippen LogP contribution in [0.15, 0.2) is 182 Å². The zero-order valence-electron chi connectivity index (χ0n) is 48.0. The van der Waals surface area contributed by atoms with Crippen LogP contribution < -0.4 is 21.7 Å². The van der Waals surface area contributed by atoms with Crippen molar-refractivity contribution < 1.29 is 29.5 Å². The fourth-order valence-electron chi connectivity index (χ4n) is 9.73. The van der Waals surface area contributed by atoms with Gasteiger partial charge in [0.05, 0.1) is 12.8 Å². The van der Waals surface area contributed by atoms with Gasteiger partial charge in [-0.2, -0.15) is 0 Å². The molecular formula is C64H65BI8N6O6V2-. The maximum atomic E-state index is 13.1. The van der Waals surface area contributed by atoms with E-state index in [1.54, 1.807) is 9.80 Å². The SMILES string of the molecule is CC(C)(C)OC(=O)Nc1ccc2cc(-c3ccc(NC(=O)[C@@H]4CCCN4C(=O)Cc4ccccc4)cc3)ccc2c1.Nc1ccc2cc(-c3ccc(NC(=O)[C@@H]4CCCN4C(=O)Cc4ccccc4)cc3)ccc2c1.[B].[CH3-].[I][V]([I])([I])[I].[I][V]([I])([I])[I]. The Morgan fingerprint density at radius 1 is 0.483 bits per heavy atom. The van der Waals surface area contributed by atoms with Crippen molar-refractivity contribution in [2.24, 2.45) is 0 Å². The summed E-state index contributed by atoms with van der Waals surface area (Å²) in [6.45, 7) is 6.71. The summed E-state index contributed by atoms with van der Waals surface area (Å²) in [5.74, 6) is -0.307. The zero-order valence-corrected chi connectivity index (χ0v) is 68.1. The van der Waals surface area contributed by atoms with Crippen LogP contribution in [0.2, 0.25) is 0 Å². The number of anilines is 4. The van der Waals surface area contributed by atoms with E-state index in [2.05, 4.69) is 200 Å². The average Bonchev–Trinajstić information content (AvgIpc) is 1.60. The van der Waals surface area contributed by atoms with Gasteiger partial charge in [-0.05, 0) is 162 Å². The van der Waals surface area contributed by atoms with Crippen LogP contribution in [-0.2, 0) is 37.5 Å². The standard InChI is InChI=1S/C34H35N3O4.C29H27N3O2.CH3.B.8HI.2V/c1-34(2,3)41-33(40)36-29-18-15-26-21-25(11-12-27(26)22-29)24-13-16-28(17-14-24)35-32(39)30-10-7-19-37(30)31(38)20-23-8-5-4-6-9-23;30-25-13-10-23-18-22(8-9-24(23)19-25)21-11-14-26(15-12-21)31-29(34)27-7-4-16-32(27)28(33)17-20-5-2-1-3-6-20;;;;;;;;;;;;/h4-6,8-9,11-18,21-22,30H,7,10,19-20H2,1-3H3,(H,35,39)(H,36,40);1-3,5-6,8-15,18-19,27H,4,7,16-17,30H2,(H,31,34);1H3;;8*1H;;/q;;-1;;;;;;;;;;2*+4/p-8/t30-;27-;;;;;;;;;;;;/m00............/s1. The van der Waals surface area contributed by atoms with Crippen LogP contribution in [-0.4, -0.2) is 78.7 Å². The van der Waals surface area contributed by atoms with E-state index in [1.165, 1.54) is 0 Å². The summed E-state index contributed by atoms with van der Waals surface area (Å²) in [7, 11) is 0. The van der Waals surface area contributed by atoms with E-state index in [0.717, 1.165) is 79.1 Å². The molecule has 5 N–H and O–H groups in total. The zero-order chi connectivity index (χ0) is 61.5. The molecule has 0 spiro atoms. The molecule has 3 radical (unpaired) electrons. The monoisotopic (exact) mass is 2140 g/mol. The van der Waals surface area contributed by atoms with E-state index in [9.17, 15) is 24.0 Å².